The molecule has 2 rings (SSSR count). The van der Waals surface area contributed by atoms with Gasteiger partial charge >= 0.3 is 0 Å². The second-order valence-electron chi connectivity index (χ2n) is 5.02. The second kappa shape index (κ2) is 6.96. The molecule has 0 aromatic heterocycles. The van der Waals surface area contributed by atoms with Gasteiger partial charge in [0.05, 0.1) is 0 Å². The highest BCUT2D eigenvalue weighted by Gasteiger charge is 2.27. The molecule has 19 heavy (non-hydrogen) atoms. The van der Waals surface area contributed by atoms with Crippen LogP contribution in [-0.2, 0) is 5.88 Å². The third-order valence-electron chi connectivity index (χ3n) is 4.02. The quantitative estimate of drug-likeness (QED) is 0.741. The van der Waals surface area contributed by atoms with E-state index in [1.165, 1.54) is 17.7 Å². The van der Waals surface area contributed by atoms with E-state index in [9.17, 15) is 0 Å². The van der Waals surface area contributed by atoms with Crippen LogP contribution in [-0.4, -0.2) is 37.1 Å². The fourth-order valence-electron chi connectivity index (χ4n) is 2.97. The highest BCUT2D eigenvalue weighted by atomic mass is 79.9. The lowest BCUT2D eigenvalue weighted by atomic mass is 10.2. The van der Waals surface area contributed by atoms with Gasteiger partial charge in [0.25, 0.3) is 0 Å². The standard InChI is InChI=1S/C15H22BrClN2/c1-3-18(4-2)14-7-8-19(11-14)15-6-5-13(16)9-12(15)10-17/h5-6,9,14H,3-4,7-8,10-11H2,1-2H3. The summed E-state index contributed by atoms with van der Waals surface area (Å²) in [5, 5.41) is 0. The zero-order chi connectivity index (χ0) is 13.8. The molecular formula is C15H22BrClN2. The highest BCUT2D eigenvalue weighted by Crippen LogP contribution is 2.29. The van der Waals surface area contributed by atoms with Crippen LogP contribution < -0.4 is 4.90 Å². The smallest absolute Gasteiger partial charge is 0.0494 e. The van der Waals surface area contributed by atoms with E-state index in [2.05, 4.69) is 57.8 Å². The first-order valence-corrected chi connectivity index (χ1v) is 8.35. The normalized spacial score (nSPS) is 19.4. The predicted octanol–water partition coefficient (Wildman–Crippen LogP) is 4.11. The summed E-state index contributed by atoms with van der Waals surface area (Å²) in [7, 11) is 0. The Hall–Kier alpha value is -0.250. The third kappa shape index (κ3) is 3.45. The Bertz CT molecular complexity index is 421. The number of benzene rings is 1. The highest BCUT2D eigenvalue weighted by molar-refractivity contribution is 9.10. The van der Waals surface area contributed by atoms with E-state index >= 15 is 0 Å². The third-order valence-corrected chi connectivity index (χ3v) is 4.80. The van der Waals surface area contributed by atoms with Gasteiger partial charge in [-0.2, -0.15) is 0 Å². The van der Waals surface area contributed by atoms with E-state index in [-0.39, 0.29) is 0 Å². The topological polar surface area (TPSA) is 6.48 Å². The van der Waals surface area contributed by atoms with E-state index in [1.807, 2.05) is 0 Å². The molecule has 1 atom stereocenters. The molecule has 1 aliphatic heterocycles. The van der Waals surface area contributed by atoms with Crippen LogP contribution >= 0.6 is 27.5 Å². The van der Waals surface area contributed by atoms with Crippen molar-refractivity contribution in [1.29, 1.82) is 0 Å². The summed E-state index contributed by atoms with van der Waals surface area (Å²) in [5.41, 5.74) is 2.52. The molecule has 0 N–H and O–H groups in total. The Morgan fingerprint density at radius 1 is 1.37 bits per heavy atom. The Morgan fingerprint density at radius 3 is 2.74 bits per heavy atom. The molecule has 0 saturated carbocycles. The van der Waals surface area contributed by atoms with Crippen LogP contribution in [0.2, 0.25) is 0 Å². The van der Waals surface area contributed by atoms with Crippen molar-refractivity contribution in [2.75, 3.05) is 31.1 Å². The van der Waals surface area contributed by atoms with Crippen molar-refractivity contribution < 1.29 is 0 Å². The predicted molar refractivity (Wildman–Crippen MR) is 87.2 cm³/mol. The van der Waals surface area contributed by atoms with Crippen molar-refractivity contribution in [3.05, 3.63) is 28.2 Å². The number of alkyl halides is 1. The van der Waals surface area contributed by atoms with Gasteiger partial charge in [-0.3, -0.25) is 4.90 Å². The number of rotatable bonds is 5. The summed E-state index contributed by atoms with van der Waals surface area (Å²) in [6.45, 7) is 9.02. The average molecular weight is 346 g/mol. The van der Waals surface area contributed by atoms with Gasteiger partial charge in [0, 0.05) is 35.2 Å². The molecule has 0 aliphatic carbocycles. The van der Waals surface area contributed by atoms with Crippen LogP contribution in [0.5, 0.6) is 0 Å². The van der Waals surface area contributed by atoms with Gasteiger partial charge in [-0.15, -0.1) is 11.6 Å². The molecule has 0 amide bonds. The fraction of sp³-hybridized carbons (Fsp3) is 0.600. The van der Waals surface area contributed by atoms with E-state index in [4.69, 9.17) is 11.6 Å². The Balaban J connectivity index is 2.12. The number of hydrogen-bond donors (Lipinski definition) is 0. The summed E-state index contributed by atoms with van der Waals surface area (Å²) in [5.74, 6) is 0.571. The van der Waals surface area contributed by atoms with Crippen LogP contribution in [0.4, 0.5) is 5.69 Å². The summed E-state index contributed by atoms with van der Waals surface area (Å²) in [6, 6.07) is 7.11. The van der Waals surface area contributed by atoms with Crippen molar-refractivity contribution in [2.24, 2.45) is 0 Å². The van der Waals surface area contributed by atoms with E-state index in [1.54, 1.807) is 0 Å². The monoisotopic (exact) mass is 344 g/mol. The van der Waals surface area contributed by atoms with Crippen molar-refractivity contribution in [3.8, 4) is 0 Å². The van der Waals surface area contributed by atoms with Gasteiger partial charge in [-0.05, 0) is 43.3 Å². The van der Waals surface area contributed by atoms with Crippen molar-refractivity contribution >= 4 is 33.2 Å². The lowest BCUT2D eigenvalue weighted by Gasteiger charge is -2.27. The van der Waals surface area contributed by atoms with Crippen molar-refractivity contribution in [3.63, 3.8) is 0 Å². The Kier molecular flexibility index (Phi) is 5.55. The minimum Gasteiger partial charge on any atom is -0.370 e. The summed E-state index contributed by atoms with van der Waals surface area (Å²) in [6.07, 6.45) is 1.25. The van der Waals surface area contributed by atoms with E-state index in [0.29, 0.717) is 11.9 Å². The van der Waals surface area contributed by atoms with Crippen LogP contribution in [0.15, 0.2) is 22.7 Å². The van der Waals surface area contributed by atoms with Gasteiger partial charge in [0.15, 0.2) is 0 Å². The van der Waals surface area contributed by atoms with Crippen molar-refractivity contribution in [1.82, 2.24) is 4.90 Å². The van der Waals surface area contributed by atoms with E-state index < -0.39 is 0 Å². The molecule has 1 saturated heterocycles. The molecule has 0 radical (unpaired) electrons. The van der Waals surface area contributed by atoms with E-state index in [0.717, 1.165) is 30.7 Å². The van der Waals surface area contributed by atoms with Gasteiger partial charge in [-0.1, -0.05) is 29.8 Å². The maximum absolute atomic E-state index is 6.08. The van der Waals surface area contributed by atoms with Gasteiger partial charge in [0.2, 0.25) is 0 Å². The molecule has 106 valence electrons. The molecule has 1 fully saturated rings. The molecule has 1 aliphatic rings. The van der Waals surface area contributed by atoms with Crippen LogP contribution in [0.1, 0.15) is 25.8 Å². The summed E-state index contributed by atoms with van der Waals surface area (Å²) >= 11 is 9.60. The minimum absolute atomic E-state index is 0.571. The Labute approximate surface area is 129 Å². The van der Waals surface area contributed by atoms with Crippen LogP contribution in [0.25, 0.3) is 0 Å². The molecule has 0 spiro atoms. The molecular weight excluding hydrogens is 324 g/mol. The molecule has 0 bridgehead atoms. The molecule has 1 heterocycles. The second-order valence-corrected chi connectivity index (χ2v) is 6.20. The summed E-state index contributed by atoms with van der Waals surface area (Å²) in [4.78, 5) is 5.03. The lowest BCUT2D eigenvalue weighted by molar-refractivity contribution is 0.232. The maximum Gasteiger partial charge on any atom is 0.0494 e. The zero-order valence-electron chi connectivity index (χ0n) is 11.7. The molecule has 1 aromatic carbocycles. The average Bonchev–Trinajstić information content (AvgIpc) is 2.89. The van der Waals surface area contributed by atoms with Gasteiger partial charge in [0.1, 0.15) is 0 Å². The van der Waals surface area contributed by atoms with Crippen molar-refractivity contribution in [2.45, 2.75) is 32.2 Å². The first kappa shape index (κ1) is 15.1. The number of anilines is 1. The fourth-order valence-corrected chi connectivity index (χ4v) is 3.59. The molecule has 1 aromatic rings. The number of halogens is 2. The van der Waals surface area contributed by atoms with Gasteiger partial charge in [-0.25, -0.2) is 0 Å². The number of likely N-dealkylation sites (N-methyl/N-ethyl adjacent to an activating group) is 1. The first-order valence-electron chi connectivity index (χ1n) is 7.03. The van der Waals surface area contributed by atoms with Crippen LogP contribution in [0.3, 0.4) is 0 Å². The number of nitrogens with zero attached hydrogens (tertiary/aromatic N) is 2. The number of hydrogen-bond acceptors (Lipinski definition) is 2. The Morgan fingerprint density at radius 2 is 2.11 bits per heavy atom. The van der Waals surface area contributed by atoms with Gasteiger partial charge < -0.3 is 4.90 Å². The minimum atomic E-state index is 0.571. The molecule has 1 unspecified atom stereocenters. The maximum atomic E-state index is 6.08. The molecule has 4 heteroatoms. The summed E-state index contributed by atoms with van der Waals surface area (Å²) < 4.78 is 1.10. The first-order chi connectivity index (χ1) is 9.19. The largest absolute Gasteiger partial charge is 0.370 e. The lowest BCUT2D eigenvalue weighted by Crippen LogP contribution is -2.37. The molecule has 2 nitrogen and oxygen atoms in total. The SMILES string of the molecule is CCN(CC)C1CCN(c2ccc(Br)cc2CCl)C1. The van der Waals surface area contributed by atoms with Crippen LogP contribution in [0, 0.1) is 0 Å². The zero-order valence-corrected chi connectivity index (χ0v) is 14.0.